The Morgan fingerprint density at radius 3 is 2.43 bits per heavy atom. The molecular weight excluding hydrogens is 281 g/mol. The quantitative estimate of drug-likeness (QED) is 0.794. The van der Waals surface area contributed by atoms with E-state index in [2.05, 4.69) is 0 Å². The highest BCUT2D eigenvalue weighted by Crippen LogP contribution is 2.44. The Labute approximate surface area is 118 Å². The summed E-state index contributed by atoms with van der Waals surface area (Å²) in [6, 6.07) is 11.2. The lowest BCUT2D eigenvalue weighted by Crippen LogP contribution is -2.38. The standard InChI is InChI=1S/C15H11F3N2O/c16-15(17,18)14(21)20-13-11-4-2-1-3-9(11)10-6-5-8(19)7-12(10)13/h1-7,13H,19H2,(H,20,21)/t13-/m0/s1. The van der Waals surface area contributed by atoms with E-state index in [1.54, 1.807) is 36.4 Å². The minimum Gasteiger partial charge on any atom is -0.399 e. The molecule has 0 radical (unpaired) electrons. The van der Waals surface area contributed by atoms with Gasteiger partial charge < -0.3 is 11.1 Å². The lowest BCUT2D eigenvalue weighted by molar-refractivity contribution is -0.174. The zero-order chi connectivity index (χ0) is 15.2. The summed E-state index contributed by atoms with van der Waals surface area (Å²) in [6.07, 6.45) is -4.92. The van der Waals surface area contributed by atoms with Crippen LogP contribution in [0.15, 0.2) is 42.5 Å². The van der Waals surface area contributed by atoms with Crippen molar-refractivity contribution in [1.29, 1.82) is 0 Å². The van der Waals surface area contributed by atoms with Crippen molar-refractivity contribution in [1.82, 2.24) is 5.32 Å². The average Bonchev–Trinajstić information content (AvgIpc) is 2.72. The number of carbonyl (C=O) groups excluding carboxylic acids is 1. The maximum absolute atomic E-state index is 12.5. The van der Waals surface area contributed by atoms with E-state index in [-0.39, 0.29) is 0 Å². The predicted octanol–water partition coefficient (Wildman–Crippen LogP) is 3.02. The third-order valence-corrected chi connectivity index (χ3v) is 3.48. The molecule has 108 valence electrons. The summed E-state index contributed by atoms with van der Waals surface area (Å²) in [5, 5.41) is 2.04. The third kappa shape index (κ3) is 2.22. The lowest BCUT2D eigenvalue weighted by atomic mass is 10.0. The molecule has 1 amide bonds. The highest BCUT2D eigenvalue weighted by Gasteiger charge is 2.41. The minimum absolute atomic E-state index is 0.438. The monoisotopic (exact) mass is 292 g/mol. The van der Waals surface area contributed by atoms with E-state index in [9.17, 15) is 18.0 Å². The Morgan fingerprint density at radius 2 is 1.71 bits per heavy atom. The van der Waals surface area contributed by atoms with E-state index in [4.69, 9.17) is 5.73 Å². The Bertz CT molecular complexity index is 725. The largest absolute Gasteiger partial charge is 0.471 e. The second kappa shape index (κ2) is 4.51. The van der Waals surface area contributed by atoms with Crippen molar-refractivity contribution < 1.29 is 18.0 Å². The molecule has 0 aliphatic heterocycles. The minimum atomic E-state index is -4.92. The van der Waals surface area contributed by atoms with Crippen LogP contribution in [0.4, 0.5) is 18.9 Å². The molecular formula is C15H11F3N2O. The van der Waals surface area contributed by atoms with Gasteiger partial charge in [0.25, 0.3) is 0 Å². The first-order valence-corrected chi connectivity index (χ1v) is 6.24. The van der Waals surface area contributed by atoms with Gasteiger partial charge in [0, 0.05) is 5.69 Å². The van der Waals surface area contributed by atoms with E-state index in [1.165, 1.54) is 0 Å². The Hall–Kier alpha value is -2.50. The fourth-order valence-electron chi connectivity index (χ4n) is 2.60. The fourth-order valence-corrected chi connectivity index (χ4v) is 2.60. The van der Waals surface area contributed by atoms with Gasteiger partial charge in [-0.25, -0.2) is 0 Å². The molecule has 0 spiro atoms. The van der Waals surface area contributed by atoms with Gasteiger partial charge in [-0.2, -0.15) is 13.2 Å². The normalized spacial score (nSPS) is 16.2. The van der Waals surface area contributed by atoms with Crippen molar-refractivity contribution in [3.63, 3.8) is 0 Å². The summed E-state index contributed by atoms with van der Waals surface area (Å²) < 4.78 is 37.5. The van der Waals surface area contributed by atoms with Crippen LogP contribution in [0.2, 0.25) is 0 Å². The van der Waals surface area contributed by atoms with E-state index >= 15 is 0 Å². The van der Waals surface area contributed by atoms with Crippen molar-refractivity contribution in [3.05, 3.63) is 53.6 Å². The highest BCUT2D eigenvalue weighted by molar-refractivity contribution is 5.86. The van der Waals surface area contributed by atoms with Gasteiger partial charge in [-0.3, -0.25) is 4.79 Å². The number of alkyl halides is 3. The molecule has 2 aromatic rings. The van der Waals surface area contributed by atoms with Crippen LogP contribution in [0.5, 0.6) is 0 Å². The molecule has 0 fully saturated rings. The number of hydrogen-bond donors (Lipinski definition) is 2. The first kappa shape index (κ1) is 13.5. The van der Waals surface area contributed by atoms with Gasteiger partial charge in [-0.1, -0.05) is 30.3 Å². The maximum Gasteiger partial charge on any atom is 0.471 e. The molecule has 1 atom stereocenters. The van der Waals surface area contributed by atoms with E-state index in [1.807, 2.05) is 11.4 Å². The Balaban J connectivity index is 2.09. The van der Waals surface area contributed by atoms with E-state index < -0.39 is 18.1 Å². The molecule has 0 bridgehead atoms. The number of anilines is 1. The van der Waals surface area contributed by atoms with Crippen molar-refractivity contribution >= 4 is 11.6 Å². The molecule has 3 N–H and O–H groups in total. The maximum atomic E-state index is 12.5. The number of nitrogens with one attached hydrogen (secondary N) is 1. The van der Waals surface area contributed by atoms with Crippen molar-refractivity contribution in [2.45, 2.75) is 12.2 Å². The molecule has 0 saturated heterocycles. The average molecular weight is 292 g/mol. The highest BCUT2D eigenvalue weighted by atomic mass is 19.4. The van der Waals surface area contributed by atoms with Crippen molar-refractivity contribution in [2.75, 3.05) is 5.73 Å². The molecule has 3 nitrogen and oxygen atoms in total. The molecule has 6 heteroatoms. The zero-order valence-electron chi connectivity index (χ0n) is 10.7. The van der Waals surface area contributed by atoms with Crippen molar-refractivity contribution in [2.24, 2.45) is 0 Å². The van der Waals surface area contributed by atoms with E-state index in [0.29, 0.717) is 16.8 Å². The topological polar surface area (TPSA) is 55.1 Å². The molecule has 0 unspecified atom stereocenters. The van der Waals surface area contributed by atoms with Crippen LogP contribution < -0.4 is 11.1 Å². The lowest BCUT2D eigenvalue weighted by Gasteiger charge is -2.17. The van der Waals surface area contributed by atoms with Gasteiger partial charge in [0.1, 0.15) is 0 Å². The SMILES string of the molecule is Nc1ccc2c(c1)[C@@H](NC(=O)C(F)(F)F)c1ccccc1-2. The number of carbonyl (C=O) groups is 1. The summed E-state index contributed by atoms with van der Waals surface area (Å²) in [5.74, 6) is -1.96. The Morgan fingerprint density at radius 1 is 1.05 bits per heavy atom. The van der Waals surface area contributed by atoms with E-state index in [0.717, 1.165) is 11.1 Å². The molecule has 2 aromatic carbocycles. The molecule has 21 heavy (non-hydrogen) atoms. The summed E-state index contributed by atoms with van der Waals surface area (Å²) in [6.45, 7) is 0. The summed E-state index contributed by atoms with van der Waals surface area (Å²) in [7, 11) is 0. The fraction of sp³-hybridized carbons (Fsp3) is 0.133. The van der Waals surface area contributed by atoms with Crippen LogP contribution in [0.3, 0.4) is 0 Å². The molecule has 1 aliphatic rings. The first-order valence-electron chi connectivity index (χ1n) is 6.24. The van der Waals surface area contributed by atoms with Gasteiger partial charge >= 0.3 is 12.1 Å². The second-order valence-corrected chi connectivity index (χ2v) is 4.84. The number of hydrogen-bond acceptors (Lipinski definition) is 2. The third-order valence-electron chi connectivity index (χ3n) is 3.48. The summed E-state index contributed by atoms with van der Waals surface area (Å²) in [5.41, 5.74) is 8.95. The van der Waals surface area contributed by atoms with Gasteiger partial charge in [0.15, 0.2) is 0 Å². The van der Waals surface area contributed by atoms with Crippen LogP contribution in [0.25, 0.3) is 11.1 Å². The van der Waals surface area contributed by atoms with Crippen LogP contribution in [0, 0.1) is 0 Å². The molecule has 0 aromatic heterocycles. The molecule has 3 rings (SSSR count). The number of nitrogens with two attached hydrogens (primary N) is 1. The van der Waals surface area contributed by atoms with Gasteiger partial charge in [-0.05, 0) is 34.4 Å². The number of halogens is 3. The second-order valence-electron chi connectivity index (χ2n) is 4.84. The van der Waals surface area contributed by atoms with Gasteiger partial charge in [-0.15, -0.1) is 0 Å². The smallest absolute Gasteiger partial charge is 0.399 e. The number of benzene rings is 2. The number of nitrogen functional groups attached to an aromatic ring is 1. The van der Waals surface area contributed by atoms with Crippen LogP contribution >= 0.6 is 0 Å². The predicted molar refractivity (Wildman–Crippen MR) is 72.3 cm³/mol. The first-order chi connectivity index (χ1) is 9.88. The molecule has 0 heterocycles. The summed E-state index contributed by atoms with van der Waals surface area (Å²) in [4.78, 5) is 11.3. The van der Waals surface area contributed by atoms with Crippen LogP contribution in [-0.2, 0) is 4.79 Å². The number of fused-ring (bicyclic) bond motifs is 3. The zero-order valence-corrected chi connectivity index (χ0v) is 10.7. The number of rotatable bonds is 1. The van der Waals surface area contributed by atoms with Crippen LogP contribution in [-0.4, -0.2) is 12.1 Å². The van der Waals surface area contributed by atoms with Gasteiger partial charge in [0.2, 0.25) is 0 Å². The number of amides is 1. The summed E-state index contributed by atoms with van der Waals surface area (Å²) >= 11 is 0. The molecule has 0 saturated carbocycles. The Kier molecular flexibility index (Phi) is 2.90. The van der Waals surface area contributed by atoms with Gasteiger partial charge in [0.05, 0.1) is 6.04 Å². The molecule has 1 aliphatic carbocycles. The van der Waals surface area contributed by atoms with Crippen LogP contribution in [0.1, 0.15) is 17.2 Å². The van der Waals surface area contributed by atoms with Crippen molar-refractivity contribution in [3.8, 4) is 11.1 Å².